The summed E-state index contributed by atoms with van der Waals surface area (Å²) in [5.41, 5.74) is 3.58. The fourth-order valence-corrected chi connectivity index (χ4v) is 3.32. The van der Waals surface area contributed by atoms with Crippen molar-refractivity contribution in [3.05, 3.63) is 88.8 Å². The number of benzene rings is 3. The maximum atomic E-state index is 12.3. The Morgan fingerprint density at radius 2 is 1.84 bits per heavy atom. The van der Waals surface area contributed by atoms with Gasteiger partial charge in [-0.05, 0) is 72.4 Å². The van der Waals surface area contributed by atoms with Crippen LogP contribution in [-0.2, 0) is 6.42 Å². The number of fused-ring (bicyclic) bond motifs is 1. The van der Waals surface area contributed by atoms with E-state index in [4.69, 9.17) is 33.0 Å². The second-order valence-electron chi connectivity index (χ2n) is 6.73. The maximum absolute atomic E-state index is 12.3. The van der Waals surface area contributed by atoms with Crippen LogP contribution in [0.15, 0.2) is 71.1 Å². The predicted octanol–water partition coefficient (Wildman–Crippen LogP) is 5.21. The van der Waals surface area contributed by atoms with Gasteiger partial charge in [0.2, 0.25) is 0 Å². The van der Waals surface area contributed by atoms with E-state index < -0.39 is 0 Å². The molecule has 31 heavy (non-hydrogen) atoms. The Balaban J connectivity index is 1.41. The molecular weight excluding hydrogens is 434 g/mol. The molecule has 6 nitrogen and oxygen atoms in total. The van der Waals surface area contributed by atoms with Crippen molar-refractivity contribution in [2.24, 2.45) is 0 Å². The fourth-order valence-electron chi connectivity index (χ4n) is 2.99. The quantitative estimate of drug-likeness (QED) is 0.406. The Hall–Kier alpha value is -3.42. The number of ether oxygens (including phenoxy) is 1. The van der Waals surface area contributed by atoms with Crippen molar-refractivity contribution in [2.45, 2.75) is 6.42 Å². The van der Waals surface area contributed by atoms with E-state index >= 15 is 0 Å². The number of oxazole rings is 1. The molecule has 0 saturated carbocycles. The van der Waals surface area contributed by atoms with Crippen LogP contribution in [-0.4, -0.2) is 23.1 Å². The number of carbonyl (C=O) groups is 1. The average Bonchev–Trinajstić information content (AvgIpc) is 3.17. The number of methoxy groups -OCH3 is 1. The first-order valence-corrected chi connectivity index (χ1v) is 10.2. The van der Waals surface area contributed by atoms with Gasteiger partial charge in [0.1, 0.15) is 11.3 Å². The maximum Gasteiger partial charge on any atom is 0.257 e. The van der Waals surface area contributed by atoms with Gasteiger partial charge in [0.05, 0.1) is 7.11 Å². The van der Waals surface area contributed by atoms with Crippen LogP contribution in [0.5, 0.6) is 5.75 Å². The molecule has 4 rings (SSSR count). The van der Waals surface area contributed by atoms with Gasteiger partial charge in [-0.3, -0.25) is 10.1 Å². The molecule has 0 radical (unpaired) electrons. The number of amides is 1. The summed E-state index contributed by atoms with van der Waals surface area (Å²) in [5, 5.41) is 6.53. The monoisotopic (exact) mass is 451 g/mol. The zero-order valence-electron chi connectivity index (χ0n) is 16.5. The highest BCUT2D eigenvalue weighted by atomic mass is 35.5. The summed E-state index contributed by atoms with van der Waals surface area (Å²) < 4.78 is 10.9. The van der Waals surface area contributed by atoms with E-state index in [2.05, 4.69) is 15.6 Å². The lowest BCUT2D eigenvalue weighted by Crippen LogP contribution is -2.34. The number of nitrogens with one attached hydrogen (secondary N) is 2. The molecule has 1 aromatic heterocycles. The minimum atomic E-state index is -0.312. The third-order valence-electron chi connectivity index (χ3n) is 4.54. The van der Waals surface area contributed by atoms with Gasteiger partial charge in [0.15, 0.2) is 16.6 Å². The average molecular weight is 452 g/mol. The van der Waals surface area contributed by atoms with Crippen LogP contribution in [0.25, 0.3) is 11.1 Å². The van der Waals surface area contributed by atoms with Crippen molar-refractivity contribution in [1.29, 1.82) is 0 Å². The van der Waals surface area contributed by atoms with Crippen molar-refractivity contribution in [3.8, 4) is 5.75 Å². The molecular formula is C23H18ClN3O3S. The highest BCUT2D eigenvalue weighted by Gasteiger charge is 2.11. The molecule has 8 heteroatoms. The summed E-state index contributed by atoms with van der Waals surface area (Å²) in [7, 11) is 1.57. The lowest BCUT2D eigenvalue weighted by atomic mass is 10.1. The highest BCUT2D eigenvalue weighted by molar-refractivity contribution is 7.80. The van der Waals surface area contributed by atoms with Crippen LogP contribution in [0.4, 0.5) is 5.69 Å². The fraction of sp³-hybridized carbons (Fsp3) is 0.0870. The van der Waals surface area contributed by atoms with E-state index in [-0.39, 0.29) is 11.0 Å². The molecule has 0 fully saturated rings. The molecule has 2 N–H and O–H groups in total. The molecule has 156 valence electrons. The van der Waals surface area contributed by atoms with Gasteiger partial charge in [0.25, 0.3) is 5.91 Å². The van der Waals surface area contributed by atoms with Gasteiger partial charge >= 0.3 is 0 Å². The van der Waals surface area contributed by atoms with E-state index in [9.17, 15) is 4.79 Å². The Labute approximate surface area is 189 Å². The number of hydrogen-bond donors (Lipinski definition) is 2. The van der Waals surface area contributed by atoms with Gasteiger partial charge in [-0.15, -0.1) is 0 Å². The second kappa shape index (κ2) is 9.16. The number of carbonyl (C=O) groups excluding carboxylic acids is 1. The zero-order valence-corrected chi connectivity index (χ0v) is 18.1. The van der Waals surface area contributed by atoms with Crippen molar-refractivity contribution >= 4 is 51.6 Å². The molecule has 0 spiro atoms. The topological polar surface area (TPSA) is 76.4 Å². The first kappa shape index (κ1) is 20.8. The molecule has 1 amide bonds. The molecule has 0 saturated heterocycles. The van der Waals surface area contributed by atoms with E-state index in [0.717, 1.165) is 5.56 Å². The molecule has 0 bridgehead atoms. The molecule has 3 aromatic carbocycles. The van der Waals surface area contributed by atoms with Crippen molar-refractivity contribution in [2.75, 3.05) is 12.4 Å². The number of halogens is 1. The third kappa shape index (κ3) is 5.20. The summed E-state index contributed by atoms with van der Waals surface area (Å²) in [4.78, 5) is 16.9. The van der Waals surface area contributed by atoms with Crippen molar-refractivity contribution < 1.29 is 13.9 Å². The first-order chi connectivity index (χ1) is 15.0. The SMILES string of the molecule is COc1ccc(C(=O)NC(=S)Nc2ccc3oc(Cc4ccc(Cl)cc4)nc3c2)cc1. The van der Waals surface area contributed by atoms with Crippen LogP contribution in [0, 0.1) is 0 Å². The minimum absolute atomic E-state index is 0.185. The molecule has 0 aliphatic carbocycles. The number of hydrogen-bond acceptors (Lipinski definition) is 5. The minimum Gasteiger partial charge on any atom is -0.497 e. The number of aromatic nitrogens is 1. The van der Waals surface area contributed by atoms with E-state index in [1.165, 1.54) is 0 Å². The summed E-state index contributed by atoms with van der Waals surface area (Å²) >= 11 is 11.2. The van der Waals surface area contributed by atoms with E-state index in [1.54, 1.807) is 31.4 Å². The van der Waals surface area contributed by atoms with Crippen molar-refractivity contribution in [1.82, 2.24) is 10.3 Å². The van der Waals surface area contributed by atoms with Gasteiger partial charge in [-0.2, -0.15) is 0 Å². The number of thiocarbonyl (C=S) groups is 1. The Morgan fingerprint density at radius 1 is 1.10 bits per heavy atom. The molecule has 0 aliphatic heterocycles. The molecule has 0 aliphatic rings. The third-order valence-corrected chi connectivity index (χ3v) is 4.99. The van der Waals surface area contributed by atoms with Gasteiger partial charge in [-0.1, -0.05) is 23.7 Å². The second-order valence-corrected chi connectivity index (χ2v) is 7.57. The smallest absolute Gasteiger partial charge is 0.257 e. The van der Waals surface area contributed by atoms with E-state index in [1.807, 2.05) is 42.5 Å². The number of anilines is 1. The van der Waals surface area contributed by atoms with Gasteiger partial charge < -0.3 is 14.5 Å². The van der Waals surface area contributed by atoms with Gasteiger partial charge in [-0.25, -0.2) is 4.98 Å². The Bertz CT molecular complexity index is 1240. The highest BCUT2D eigenvalue weighted by Crippen LogP contribution is 2.22. The van der Waals surface area contributed by atoms with Gasteiger partial charge in [0, 0.05) is 22.7 Å². The van der Waals surface area contributed by atoms with Crippen LogP contribution in [0.3, 0.4) is 0 Å². The molecule has 1 heterocycles. The van der Waals surface area contributed by atoms with Crippen LogP contribution in [0.2, 0.25) is 5.02 Å². The lowest BCUT2D eigenvalue weighted by molar-refractivity contribution is 0.0977. The Morgan fingerprint density at radius 3 is 2.55 bits per heavy atom. The molecule has 4 aromatic rings. The molecule has 0 atom stereocenters. The van der Waals surface area contributed by atoms with E-state index in [0.29, 0.717) is 45.4 Å². The lowest BCUT2D eigenvalue weighted by Gasteiger charge is -2.09. The Kier molecular flexibility index (Phi) is 6.16. The van der Waals surface area contributed by atoms with Crippen molar-refractivity contribution in [3.63, 3.8) is 0 Å². The van der Waals surface area contributed by atoms with Crippen LogP contribution < -0.4 is 15.4 Å². The zero-order chi connectivity index (χ0) is 21.8. The first-order valence-electron chi connectivity index (χ1n) is 9.40. The van der Waals surface area contributed by atoms with Crippen LogP contribution in [0.1, 0.15) is 21.8 Å². The number of rotatable bonds is 5. The molecule has 0 unspecified atom stereocenters. The predicted molar refractivity (Wildman–Crippen MR) is 125 cm³/mol. The summed E-state index contributed by atoms with van der Waals surface area (Å²) in [6.07, 6.45) is 0.560. The number of nitrogens with zero attached hydrogens (tertiary/aromatic N) is 1. The van der Waals surface area contributed by atoms with Crippen LogP contribution >= 0.6 is 23.8 Å². The largest absolute Gasteiger partial charge is 0.497 e. The standard InChI is InChI=1S/C23H18ClN3O3S/c1-29-18-9-4-15(5-10-18)22(28)27-23(31)25-17-8-11-20-19(13-17)26-21(30-20)12-14-2-6-16(24)7-3-14/h2-11,13H,12H2,1H3,(H2,25,27,28,31). The normalized spacial score (nSPS) is 10.6. The summed E-state index contributed by atoms with van der Waals surface area (Å²) in [5.74, 6) is 0.964. The summed E-state index contributed by atoms with van der Waals surface area (Å²) in [6.45, 7) is 0. The summed E-state index contributed by atoms with van der Waals surface area (Å²) in [6, 6.07) is 19.7.